The Labute approximate surface area is 186 Å². The molecule has 170 valence electrons. The summed E-state index contributed by atoms with van der Waals surface area (Å²) in [6.07, 6.45) is -2.24. The summed E-state index contributed by atoms with van der Waals surface area (Å²) in [4.78, 5) is 44.5. The average Bonchev–Trinajstić information content (AvgIpc) is 2.80. The van der Waals surface area contributed by atoms with E-state index in [4.69, 9.17) is 25.9 Å². The highest BCUT2D eigenvalue weighted by atomic mass is 35.5. The number of likely N-dealkylation sites (N-methyl/N-ethyl adjacent to an activating group) is 1. The summed E-state index contributed by atoms with van der Waals surface area (Å²) in [6, 6.07) is 6.21. The fourth-order valence-corrected chi connectivity index (χ4v) is 3.12. The molecule has 1 aromatic rings. The topological polar surface area (TPSA) is 97.7 Å². The van der Waals surface area contributed by atoms with E-state index >= 15 is 0 Å². The van der Waals surface area contributed by atoms with Crippen LogP contribution in [-0.2, 0) is 24.6 Å². The third-order valence-corrected chi connectivity index (χ3v) is 4.36. The molecule has 0 saturated heterocycles. The zero-order valence-electron chi connectivity index (χ0n) is 19.0. The van der Waals surface area contributed by atoms with Gasteiger partial charge in [-0.1, -0.05) is 23.7 Å². The Hall–Kier alpha value is -2.81. The van der Waals surface area contributed by atoms with Gasteiger partial charge in [0.25, 0.3) is 5.91 Å². The Morgan fingerprint density at radius 2 is 1.55 bits per heavy atom. The van der Waals surface area contributed by atoms with Gasteiger partial charge in [-0.25, -0.2) is 14.6 Å². The molecule has 2 rings (SSSR count). The largest absolute Gasteiger partial charge is 0.534 e. The van der Waals surface area contributed by atoms with Crippen molar-refractivity contribution < 1.29 is 28.7 Å². The van der Waals surface area contributed by atoms with Crippen LogP contribution in [0.5, 0.6) is 0 Å². The van der Waals surface area contributed by atoms with Crippen LogP contribution in [-0.4, -0.2) is 52.2 Å². The van der Waals surface area contributed by atoms with E-state index in [9.17, 15) is 14.4 Å². The second kappa shape index (κ2) is 8.37. The van der Waals surface area contributed by atoms with Crippen LogP contribution in [0.15, 0.2) is 29.4 Å². The Kier molecular flexibility index (Phi) is 6.61. The van der Waals surface area contributed by atoms with Crippen molar-refractivity contribution in [1.82, 2.24) is 10.1 Å². The van der Waals surface area contributed by atoms with Crippen molar-refractivity contribution in [1.29, 1.82) is 0 Å². The van der Waals surface area contributed by atoms with Gasteiger partial charge in [-0.05, 0) is 66.2 Å². The van der Waals surface area contributed by atoms with E-state index in [-0.39, 0.29) is 5.71 Å². The number of amides is 2. The van der Waals surface area contributed by atoms with E-state index in [1.54, 1.807) is 72.7 Å². The fraction of sp³-hybridized carbons (Fsp3) is 0.524. The predicted molar refractivity (Wildman–Crippen MR) is 114 cm³/mol. The van der Waals surface area contributed by atoms with Crippen molar-refractivity contribution in [3.63, 3.8) is 0 Å². The summed E-state index contributed by atoms with van der Waals surface area (Å²) in [6.45, 7) is 11.4. The Morgan fingerprint density at radius 3 is 1.97 bits per heavy atom. The summed E-state index contributed by atoms with van der Waals surface area (Å²) in [5, 5.41) is 6.26. The van der Waals surface area contributed by atoms with E-state index in [1.807, 2.05) is 0 Å². The third kappa shape index (κ3) is 5.28. The van der Waals surface area contributed by atoms with Crippen LogP contribution in [0.25, 0.3) is 0 Å². The minimum atomic E-state index is -1.90. The lowest BCUT2D eigenvalue weighted by molar-refractivity contribution is -0.181. The molecule has 1 aliphatic rings. The van der Waals surface area contributed by atoms with Crippen LogP contribution in [0.3, 0.4) is 0 Å². The van der Waals surface area contributed by atoms with Crippen LogP contribution < -0.4 is 0 Å². The molecule has 1 unspecified atom stereocenters. The lowest BCUT2D eigenvalue weighted by Gasteiger charge is -2.38. The first-order chi connectivity index (χ1) is 14.1. The molecule has 0 radical (unpaired) electrons. The summed E-state index contributed by atoms with van der Waals surface area (Å²) in [5.41, 5.74) is -3.24. The van der Waals surface area contributed by atoms with Crippen LogP contribution in [0.4, 0.5) is 9.59 Å². The number of nitrogens with zero attached hydrogens (tertiary/aromatic N) is 3. The summed E-state index contributed by atoms with van der Waals surface area (Å²) >= 11 is 6.02. The molecular weight excluding hydrogens is 426 g/mol. The molecular formula is C21H28ClN3O6. The first-order valence-electron chi connectivity index (χ1n) is 9.62. The molecule has 0 bridgehead atoms. The summed E-state index contributed by atoms with van der Waals surface area (Å²) in [5.74, 6) is -0.623. The molecule has 0 aliphatic carbocycles. The van der Waals surface area contributed by atoms with Crippen LogP contribution in [0.1, 0.15) is 54.0 Å². The molecule has 31 heavy (non-hydrogen) atoms. The number of hydrogen-bond acceptors (Lipinski definition) is 7. The number of hydrazone groups is 1. The number of rotatable bonds is 2. The number of ether oxygens (including phenoxy) is 2. The maximum atomic E-state index is 13.4. The lowest BCUT2D eigenvalue weighted by atomic mass is 9.85. The van der Waals surface area contributed by atoms with Crippen molar-refractivity contribution in [2.45, 2.75) is 65.2 Å². The van der Waals surface area contributed by atoms with E-state index in [1.165, 1.54) is 7.05 Å². The molecule has 1 aromatic carbocycles. The van der Waals surface area contributed by atoms with Gasteiger partial charge in [-0.2, -0.15) is 5.10 Å². The molecule has 2 amide bonds. The van der Waals surface area contributed by atoms with Gasteiger partial charge in [-0.3, -0.25) is 9.63 Å². The zero-order valence-corrected chi connectivity index (χ0v) is 19.7. The maximum Gasteiger partial charge on any atom is 0.534 e. The molecule has 0 N–H and O–H groups in total. The quantitative estimate of drug-likeness (QED) is 0.483. The SMILES string of the molecule is CC1=NN(C)C(=O)C1(c1ccc(Cl)cc1)N(OC(=O)OC(C)(C)C)C(=O)OC(C)(C)C. The second-order valence-corrected chi connectivity index (χ2v) is 9.50. The van der Waals surface area contributed by atoms with Crippen LogP contribution in [0, 0.1) is 0 Å². The number of carbonyl (C=O) groups excluding carboxylic acids is 3. The van der Waals surface area contributed by atoms with Gasteiger partial charge in [0.1, 0.15) is 11.2 Å². The van der Waals surface area contributed by atoms with Crippen molar-refractivity contribution >= 4 is 35.5 Å². The number of carbonyl (C=O) groups is 3. The Bertz CT molecular complexity index is 901. The minimum absolute atomic E-state index is 0.191. The Balaban J connectivity index is 2.67. The van der Waals surface area contributed by atoms with Gasteiger partial charge in [0.05, 0.1) is 5.71 Å². The van der Waals surface area contributed by atoms with Gasteiger partial charge in [0.2, 0.25) is 5.54 Å². The standard InChI is InChI=1S/C21H28ClN3O6/c1-13-21(16(26)24(8)23-13,14-9-11-15(22)12-10-14)25(17(27)29-19(2,3)4)31-18(28)30-20(5,6)7/h9-12H,1-8H3. The Morgan fingerprint density at radius 1 is 1.03 bits per heavy atom. The smallest absolute Gasteiger partial charge is 0.442 e. The number of benzene rings is 1. The monoisotopic (exact) mass is 453 g/mol. The van der Waals surface area contributed by atoms with Gasteiger partial charge < -0.3 is 9.47 Å². The van der Waals surface area contributed by atoms with Crippen molar-refractivity contribution in [3.05, 3.63) is 34.9 Å². The first kappa shape index (κ1) is 24.5. The lowest BCUT2D eigenvalue weighted by Crippen LogP contribution is -2.59. The normalized spacial score (nSPS) is 19.1. The molecule has 10 heteroatoms. The third-order valence-electron chi connectivity index (χ3n) is 4.11. The summed E-state index contributed by atoms with van der Waals surface area (Å²) in [7, 11) is 1.43. The summed E-state index contributed by atoms with van der Waals surface area (Å²) < 4.78 is 10.7. The number of halogens is 1. The van der Waals surface area contributed by atoms with Crippen molar-refractivity contribution in [3.8, 4) is 0 Å². The van der Waals surface area contributed by atoms with E-state index in [0.717, 1.165) is 5.01 Å². The van der Waals surface area contributed by atoms with E-state index < -0.39 is 34.9 Å². The maximum absolute atomic E-state index is 13.4. The van der Waals surface area contributed by atoms with Gasteiger partial charge in [0.15, 0.2) is 0 Å². The van der Waals surface area contributed by atoms with Gasteiger partial charge in [-0.15, -0.1) is 5.06 Å². The van der Waals surface area contributed by atoms with Gasteiger partial charge >= 0.3 is 12.2 Å². The molecule has 1 heterocycles. The van der Waals surface area contributed by atoms with Crippen molar-refractivity contribution in [2.75, 3.05) is 7.05 Å². The molecule has 0 saturated carbocycles. The van der Waals surface area contributed by atoms with Crippen LogP contribution in [0.2, 0.25) is 5.02 Å². The highest BCUT2D eigenvalue weighted by Gasteiger charge is 2.59. The van der Waals surface area contributed by atoms with E-state index in [0.29, 0.717) is 15.6 Å². The minimum Gasteiger partial charge on any atom is -0.442 e. The number of hydrogen-bond donors (Lipinski definition) is 0. The molecule has 1 atom stereocenters. The van der Waals surface area contributed by atoms with Crippen molar-refractivity contribution in [2.24, 2.45) is 5.10 Å². The molecule has 0 fully saturated rings. The molecule has 9 nitrogen and oxygen atoms in total. The highest BCUT2D eigenvalue weighted by Crippen LogP contribution is 2.39. The predicted octanol–water partition coefficient (Wildman–Crippen LogP) is 4.49. The zero-order chi connectivity index (χ0) is 23.8. The number of hydroxylamine groups is 2. The molecule has 0 aromatic heterocycles. The second-order valence-electron chi connectivity index (χ2n) is 9.06. The first-order valence-corrected chi connectivity index (χ1v) is 10.00. The highest BCUT2D eigenvalue weighted by molar-refractivity contribution is 6.30. The average molecular weight is 454 g/mol. The van der Waals surface area contributed by atoms with Gasteiger partial charge in [0, 0.05) is 12.1 Å². The van der Waals surface area contributed by atoms with Crippen LogP contribution >= 0.6 is 11.6 Å². The van der Waals surface area contributed by atoms with E-state index in [2.05, 4.69) is 5.10 Å². The molecule has 0 spiro atoms. The fourth-order valence-electron chi connectivity index (χ4n) is 3.00. The molecule has 1 aliphatic heterocycles.